The van der Waals surface area contributed by atoms with Gasteiger partial charge in [-0.3, -0.25) is 4.72 Å². The van der Waals surface area contributed by atoms with Gasteiger partial charge in [0.1, 0.15) is 5.69 Å². The summed E-state index contributed by atoms with van der Waals surface area (Å²) in [4.78, 5) is 0. The third-order valence-electron chi connectivity index (χ3n) is 1.98. The molecule has 1 aromatic carbocycles. The van der Waals surface area contributed by atoms with Gasteiger partial charge in [-0.05, 0) is 24.6 Å². The van der Waals surface area contributed by atoms with E-state index >= 15 is 0 Å². The van der Waals surface area contributed by atoms with E-state index in [9.17, 15) is 17.2 Å². The van der Waals surface area contributed by atoms with Crippen molar-refractivity contribution in [1.82, 2.24) is 0 Å². The molecule has 0 aliphatic rings. The number of benzene rings is 1. The summed E-state index contributed by atoms with van der Waals surface area (Å²) in [5, 5.41) is 0. The second-order valence-corrected chi connectivity index (χ2v) is 5.16. The number of nitrogens with two attached hydrogens (primary N) is 1. The first-order chi connectivity index (χ1) is 7.39. The van der Waals surface area contributed by atoms with Gasteiger partial charge in [0.25, 0.3) is 0 Å². The lowest BCUT2D eigenvalue weighted by molar-refractivity contribution is 0.580. The summed E-state index contributed by atoms with van der Waals surface area (Å²) in [6, 6.07) is 1.99. The van der Waals surface area contributed by atoms with Crippen LogP contribution in [0.2, 0.25) is 0 Å². The highest BCUT2D eigenvalue weighted by Gasteiger charge is 2.16. The third-order valence-corrected chi connectivity index (χ3v) is 3.25. The van der Waals surface area contributed by atoms with Crippen LogP contribution in [0.15, 0.2) is 12.1 Å². The lowest BCUT2D eigenvalue weighted by atomic mass is 10.2. The highest BCUT2D eigenvalue weighted by molar-refractivity contribution is 7.92. The fraction of sp³-hybridized carbons (Fsp3) is 0.333. The summed E-state index contributed by atoms with van der Waals surface area (Å²) in [7, 11) is -3.70. The first-order valence-corrected chi connectivity index (χ1v) is 6.23. The Kier molecular flexibility index (Phi) is 3.82. The Labute approximate surface area is 92.5 Å². The highest BCUT2D eigenvalue weighted by atomic mass is 32.2. The van der Waals surface area contributed by atoms with E-state index in [0.29, 0.717) is 0 Å². The molecule has 90 valence electrons. The average Bonchev–Trinajstić information content (AvgIpc) is 2.23. The summed E-state index contributed by atoms with van der Waals surface area (Å²) in [6.07, 6.45) is 0. The standard InChI is InChI=1S/C9H12F2N2O2S/c1-2-16(14,15)13-9-7(10)3-6(5-12)4-8(9)11/h3-4,13H,2,5,12H2,1H3. The van der Waals surface area contributed by atoms with Gasteiger partial charge in [0.15, 0.2) is 11.6 Å². The van der Waals surface area contributed by atoms with Crippen LogP contribution in [0.25, 0.3) is 0 Å². The van der Waals surface area contributed by atoms with Crippen molar-refractivity contribution in [2.45, 2.75) is 13.5 Å². The molecule has 0 fully saturated rings. The van der Waals surface area contributed by atoms with Crippen LogP contribution in [0.1, 0.15) is 12.5 Å². The molecule has 0 atom stereocenters. The Bertz CT molecular complexity index is 465. The summed E-state index contributed by atoms with van der Waals surface area (Å²) in [5.74, 6) is -2.21. The maximum absolute atomic E-state index is 13.3. The molecule has 1 aromatic rings. The third kappa shape index (κ3) is 2.89. The number of nitrogens with one attached hydrogen (secondary N) is 1. The molecule has 0 amide bonds. The van der Waals surface area contributed by atoms with Crippen LogP contribution in [-0.2, 0) is 16.6 Å². The summed E-state index contributed by atoms with van der Waals surface area (Å²) in [5.41, 5.74) is 4.81. The molecule has 1 rings (SSSR count). The normalized spacial score (nSPS) is 11.5. The monoisotopic (exact) mass is 250 g/mol. The lowest BCUT2D eigenvalue weighted by Gasteiger charge is -2.09. The van der Waals surface area contributed by atoms with E-state index in [1.807, 2.05) is 4.72 Å². The second kappa shape index (κ2) is 4.75. The topological polar surface area (TPSA) is 72.2 Å². The van der Waals surface area contributed by atoms with E-state index in [0.717, 1.165) is 12.1 Å². The molecule has 0 unspecified atom stereocenters. The van der Waals surface area contributed by atoms with Crippen LogP contribution in [0.4, 0.5) is 14.5 Å². The predicted molar refractivity (Wildman–Crippen MR) is 57.3 cm³/mol. The number of anilines is 1. The predicted octanol–water partition coefficient (Wildman–Crippen LogP) is 1.19. The summed E-state index contributed by atoms with van der Waals surface area (Å²) < 4.78 is 50.8. The van der Waals surface area contributed by atoms with E-state index in [1.54, 1.807) is 0 Å². The van der Waals surface area contributed by atoms with Crippen molar-refractivity contribution in [2.24, 2.45) is 5.73 Å². The molecule has 7 heteroatoms. The van der Waals surface area contributed by atoms with Gasteiger partial charge in [-0.15, -0.1) is 0 Å². The minimum Gasteiger partial charge on any atom is -0.326 e. The molecule has 0 aromatic heterocycles. The molecule has 0 aliphatic carbocycles. The zero-order valence-corrected chi connectivity index (χ0v) is 9.44. The zero-order valence-electron chi connectivity index (χ0n) is 8.63. The van der Waals surface area contributed by atoms with Gasteiger partial charge in [0.2, 0.25) is 10.0 Å². The number of sulfonamides is 1. The van der Waals surface area contributed by atoms with Crippen LogP contribution < -0.4 is 10.5 Å². The number of hydrogen-bond donors (Lipinski definition) is 2. The molecular weight excluding hydrogens is 238 g/mol. The van der Waals surface area contributed by atoms with Gasteiger partial charge >= 0.3 is 0 Å². The van der Waals surface area contributed by atoms with Crippen molar-refractivity contribution in [3.8, 4) is 0 Å². The number of rotatable bonds is 4. The molecule has 0 saturated carbocycles. The Morgan fingerprint density at radius 1 is 1.31 bits per heavy atom. The van der Waals surface area contributed by atoms with Gasteiger partial charge in [0.05, 0.1) is 5.75 Å². The molecule has 0 spiro atoms. The molecule has 16 heavy (non-hydrogen) atoms. The van der Waals surface area contributed by atoms with Crippen LogP contribution in [0, 0.1) is 11.6 Å². The highest BCUT2D eigenvalue weighted by Crippen LogP contribution is 2.21. The molecule has 0 bridgehead atoms. The Morgan fingerprint density at radius 3 is 2.19 bits per heavy atom. The smallest absolute Gasteiger partial charge is 0.232 e. The Balaban J connectivity index is 3.16. The SMILES string of the molecule is CCS(=O)(=O)Nc1c(F)cc(CN)cc1F. The Hall–Kier alpha value is -1.21. The van der Waals surface area contributed by atoms with Crippen molar-refractivity contribution < 1.29 is 17.2 Å². The number of hydrogen-bond acceptors (Lipinski definition) is 3. The summed E-state index contributed by atoms with van der Waals surface area (Å²) in [6.45, 7) is 1.35. The largest absolute Gasteiger partial charge is 0.326 e. The second-order valence-electron chi connectivity index (χ2n) is 3.14. The first kappa shape index (κ1) is 12.9. The first-order valence-electron chi connectivity index (χ1n) is 4.58. The molecule has 0 aliphatic heterocycles. The molecule has 4 nitrogen and oxygen atoms in total. The fourth-order valence-corrected chi connectivity index (χ4v) is 1.72. The minimum atomic E-state index is -3.70. The van der Waals surface area contributed by atoms with E-state index in [4.69, 9.17) is 5.73 Å². The van der Waals surface area contributed by atoms with E-state index in [2.05, 4.69) is 0 Å². The van der Waals surface area contributed by atoms with Gasteiger partial charge in [-0.25, -0.2) is 17.2 Å². The molecule has 0 radical (unpaired) electrons. The van der Waals surface area contributed by atoms with Crippen LogP contribution >= 0.6 is 0 Å². The lowest BCUT2D eigenvalue weighted by Crippen LogP contribution is -2.17. The van der Waals surface area contributed by atoms with Crippen LogP contribution in [-0.4, -0.2) is 14.2 Å². The maximum Gasteiger partial charge on any atom is 0.232 e. The fourth-order valence-electron chi connectivity index (χ4n) is 1.07. The van der Waals surface area contributed by atoms with Crippen molar-refractivity contribution >= 4 is 15.7 Å². The van der Waals surface area contributed by atoms with Crippen molar-refractivity contribution in [3.63, 3.8) is 0 Å². The minimum absolute atomic E-state index is 0.0192. The van der Waals surface area contributed by atoms with E-state index in [-0.39, 0.29) is 17.9 Å². The molecule has 0 saturated heterocycles. The van der Waals surface area contributed by atoms with Crippen molar-refractivity contribution in [3.05, 3.63) is 29.3 Å². The summed E-state index contributed by atoms with van der Waals surface area (Å²) >= 11 is 0. The van der Waals surface area contributed by atoms with Gasteiger partial charge in [-0.2, -0.15) is 0 Å². The van der Waals surface area contributed by atoms with E-state index < -0.39 is 27.3 Å². The van der Waals surface area contributed by atoms with E-state index in [1.165, 1.54) is 6.92 Å². The zero-order chi connectivity index (χ0) is 12.3. The quantitative estimate of drug-likeness (QED) is 0.843. The van der Waals surface area contributed by atoms with Gasteiger partial charge in [0, 0.05) is 6.54 Å². The maximum atomic E-state index is 13.3. The van der Waals surface area contributed by atoms with Crippen LogP contribution in [0.3, 0.4) is 0 Å². The number of halogens is 2. The molecular formula is C9H12F2N2O2S. The van der Waals surface area contributed by atoms with Gasteiger partial charge in [-0.1, -0.05) is 0 Å². The average molecular weight is 250 g/mol. The Morgan fingerprint density at radius 2 is 1.81 bits per heavy atom. The van der Waals surface area contributed by atoms with Crippen LogP contribution in [0.5, 0.6) is 0 Å². The van der Waals surface area contributed by atoms with Crippen molar-refractivity contribution in [2.75, 3.05) is 10.5 Å². The van der Waals surface area contributed by atoms with Gasteiger partial charge < -0.3 is 5.73 Å². The molecule has 0 heterocycles. The molecule has 3 N–H and O–H groups in total. The van der Waals surface area contributed by atoms with Crippen molar-refractivity contribution in [1.29, 1.82) is 0 Å².